The van der Waals surface area contributed by atoms with Gasteiger partial charge in [-0.15, -0.1) is 0 Å². The molecule has 0 atom stereocenters. The Hall–Kier alpha value is -2.26. The topological polar surface area (TPSA) is 27.1 Å². The fourth-order valence-corrected chi connectivity index (χ4v) is 3.21. The zero-order valence-corrected chi connectivity index (χ0v) is 13.9. The molecule has 4 heteroatoms. The molecule has 23 heavy (non-hydrogen) atoms. The number of rotatable bonds is 1. The lowest BCUT2D eigenvalue weighted by molar-refractivity contribution is 0.326. The molecular weight excluding hydrogens is 308 g/mol. The average Bonchev–Trinajstić information content (AvgIpc) is 2.87. The molecule has 2 aromatic carbocycles. The van der Waals surface area contributed by atoms with E-state index in [4.69, 9.17) is 16.3 Å². The monoisotopic (exact) mass is 324 g/mol. The summed E-state index contributed by atoms with van der Waals surface area (Å²) in [5.74, 6) is 0.927. The van der Waals surface area contributed by atoms with Gasteiger partial charge in [0.25, 0.3) is 0 Å². The molecule has 0 saturated heterocycles. The maximum atomic E-state index is 6.16. The van der Waals surface area contributed by atoms with Crippen molar-refractivity contribution in [1.82, 2.24) is 9.78 Å². The summed E-state index contributed by atoms with van der Waals surface area (Å²) in [6, 6.07) is 12.1. The number of halogens is 1. The molecule has 0 amide bonds. The molecule has 0 radical (unpaired) electrons. The summed E-state index contributed by atoms with van der Waals surface area (Å²) in [7, 11) is 0. The zero-order valence-electron chi connectivity index (χ0n) is 13.1. The first-order valence-corrected chi connectivity index (χ1v) is 8.08. The summed E-state index contributed by atoms with van der Waals surface area (Å²) in [6.07, 6.45) is 2.78. The predicted molar refractivity (Wildman–Crippen MR) is 92.7 cm³/mol. The fourth-order valence-electron chi connectivity index (χ4n) is 3.02. The van der Waals surface area contributed by atoms with Crippen molar-refractivity contribution in [1.29, 1.82) is 0 Å². The molecule has 1 aromatic heterocycles. The first kappa shape index (κ1) is 14.3. The van der Waals surface area contributed by atoms with Crippen LogP contribution in [0.25, 0.3) is 16.9 Å². The van der Waals surface area contributed by atoms with Crippen molar-refractivity contribution in [3.8, 4) is 22.7 Å². The van der Waals surface area contributed by atoms with Crippen molar-refractivity contribution < 1.29 is 4.74 Å². The molecule has 1 aliphatic heterocycles. The lowest BCUT2D eigenvalue weighted by Crippen LogP contribution is -2.01. The predicted octanol–water partition coefficient (Wildman–Crippen LogP) is 4.74. The van der Waals surface area contributed by atoms with E-state index < -0.39 is 0 Å². The Kier molecular flexibility index (Phi) is 3.38. The Balaban J connectivity index is 1.98. The van der Waals surface area contributed by atoms with Crippen LogP contribution < -0.4 is 4.74 Å². The molecule has 0 bridgehead atoms. The highest BCUT2D eigenvalue weighted by molar-refractivity contribution is 6.30. The quantitative estimate of drug-likeness (QED) is 0.646. The Morgan fingerprint density at radius 3 is 2.78 bits per heavy atom. The van der Waals surface area contributed by atoms with Crippen LogP contribution in [0.15, 0.2) is 42.6 Å². The molecule has 3 aromatic rings. The van der Waals surface area contributed by atoms with Crippen LogP contribution in [0.1, 0.15) is 16.7 Å². The molecular formula is C19H17ClN2O. The standard InChI is InChI=1S/C19H17ClN2O/c1-12-8-17-18(9-13(12)2)23-7-6-14-11-21-22(19(14)17)16-5-3-4-15(20)10-16/h3-5,8-11H,6-7H2,1-2H3. The van der Waals surface area contributed by atoms with E-state index in [1.807, 2.05) is 35.1 Å². The van der Waals surface area contributed by atoms with Crippen molar-refractivity contribution in [3.05, 3.63) is 64.3 Å². The third-order valence-electron chi connectivity index (χ3n) is 4.38. The van der Waals surface area contributed by atoms with Crippen LogP contribution in [0.3, 0.4) is 0 Å². The van der Waals surface area contributed by atoms with Gasteiger partial charge >= 0.3 is 0 Å². The Labute approximate surface area is 140 Å². The number of aromatic nitrogens is 2. The Morgan fingerprint density at radius 1 is 1.13 bits per heavy atom. The number of aryl methyl sites for hydroxylation is 2. The van der Waals surface area contributed by atoms with E-state index in [1.54, 1.807) is 0 Å². The summed E-state index contributed by atoms with van der Waals surface area (Å²) < 4.78 is 7.93. The van der Waals surface area contributed by atoms with E-state index in [0.717, 1.165) is 29.1 Å². The summed E-state index contributed by atoms with van der Waals surface area (Å²) in [4.78, 5) is 0. The number of benzene rings is 2. The van der Waals surface area contributed by atoms with Crippen molar-refractivity contribution >= 4 is 11.6 Å². The minimum atomic E-state index is 0.670. The lowest BCUT2D eigenvalue weighted by Gasteiger charge is -2.13. The Bertz CT molecular complexity index is 898. The van der Waals surface area contributed by atoms with Gasteiger partial charge in [-0.1, -0.05) is 17.7 Å². The fraction of sp³-hybridized carbons (Fsp3) is 0.211. The van der Waals surface area contributed by atoms with Crippen LogP contribution in [-0.4, -0.2) is 16.4 Å². The largest absolute Gasteiger partial charge is 0.493 e. The van der Waals surface area contributed by atoms with E-state index >= 15 is 0 Å². The third-order valence-corrected chi connectivity index (χ3v) is 4.61. The molecule has 0 spiro atoms. The highest BCUT2D eigenvalue weighted by Gasteiger charge is 2.22. The SMILES string of the molecule is Cc1cc2c(cc1C)-c1c(cnn1-c1cccc(Cl)c1)CCO2. The highest BCUT2D eigenvalue weighted by atomic mass is 35.5. The van der Waals surface area contributed by atoms with E-state index in [0.29, 0.717) is 11.6 Å². The molecule has 0 N–H and O–H groups in total. The number of fused-ring (bicyclic) bond motifs is 3. The van der Waals surface area contributed by atoms with Crippen LogP contribution in [0.2, 0.25) is 5.02 Å². The van der Waals surface area contributed by atoms with Gasteiger partial charge in [0.15, 0.2) is 0 Å². The molecule has 4 rings (SSSR count). The second-order valence-electron chi connectivity index (χ2n) is 5.94. The molecule has 2 heterocycles. The zero-order chi connectivity index (χ0) is 16.0. The molecule has 1 aliphatic rings. The van der Waals surface area contributed by atoms with Gasteiger partial charge in [0.1, 0.15) is 5.75 Å². The number of hydrogen-bond donors (Lipinski definition) is 0. The van der Waals surface area contributed by atoms with Gasteiger partial charge in [-0.25, -0.2) is 4.68 Å². The second kappa shape index (κ2) is 5.43. The summed E-state index contributed by atoms with van der Waals surface area (Å²) >= 11 is 6.16. The number of nitrogens with zero attached hydrogens (tertiary/aromatic N) is 2. The van der Waals surface area contributed by atoms with Crippen molar-refractivity contribution in [2.24, 2.45) is 0 Å². The van der Waals surface area contributed by atoms with Gasteiger partial charge in [-0.2, -0.15) is 5.10 Å². The van der Waals surface area contributed by atoms with Crippen LogP contribution in [0.4, 0.5) is 0 Å². The molecule has 0 saturated carbocycles. The maximum Gasteiger partial charge on any atom is 0.128 e. The number of hydrogen-bond acceptors (Lipinski definition) is 2. The normalized spacial score (nSPS) is 13.0. The van der Waals surface area contributed by atoms with Gasteiger partial charge < -0.3 is 4.74 Å². The van der Waals surface area contributed by atoms with Crippen molar-refractivity contribution in [2.45, 2.75) is 20.3 Å². The van der Waals surface area contributed by atoms with Gasteiger partial charge in [0, 0.05) is 22.6 Å². The number of ether oxygens (including phenoxy) is 1. The lowest BCUT2D eigenvalue weighted by atomic mass is 10.0. The molecule has 116 valence electrons. The first-order chi connectivity index (χ1) is 11.1. The highest BCUT2D eigenvalue weighted by Crippen LogP contribution is 2.38. The molecule has 0 aliphatic carbocycles. The average molecular weight is 325 g/mol. The Morgan fingerprint density at radius 2 is 1.96 bits per heavy atom. The van der Waals surface area contributed by atoms with Crippen LogP contribution in [0.5, 0.6) is 5.75 Å². The van der Waals surface area contributed by atoms with E-state index in [1.165, 1.54) is 16.7 Å². The summed E-state index contributed by atoms with van der Waals surface area (Å²) in [5.41, 5.74) is 6.85. The van der Waals surface area contributed by atoms with E-state index in [-0.39, 0.29) is 0 Å². The van der Waals surface area contributed by atoms with Gasteiger partial charge in [0.2, 0.25) is 0 Å². The van der Waals surface area contributed by atoms with Crippen LogP contribution in [0, 0.1) is 13.8 Å². The smallest absolute Gasteiger partial charge is 0.128 e. The van der Waals surface area contributed by atoms with Crippen molar-refractivity contribution in [2.75, 3.05) is 6.61 Å². The minimum absolute atomic E-state index is 0.670. The van der Waals surface area contributed by atoms with E-state index in [9.17, 15) is 0 Å². The van der Waals surface area contributed by atoms with Gasteiger partial charge in [-0.3, -0.25) is 0 Å². The second-order valence-corrected chi connectivity index (χ2v) is 6.38. The molecule has 3 nitrogen and oxygen atoms in total. The maximum absolute atomic E-state index is 6.16. The third kappa shape index (κ3) is 2.41. The first-order valence-electron chi connectivity index (χ1n) is 7.71. The van der Waals surface area contributed by atoms with Crippen molar-refractivity contribution in [3.63, 3.8) is 0 Å². The van der Waals surface area contributed by atoms with E-state index in [2.05, 4.69) is 31.1 Å². The van der Waals surface area contributed by atoms with Gasteiger partial charge in [0.05, 0.1) is 24.2 Å². The van der Waals surface area contributed by atoms with Crippen LogP contribution in [-0.2, 0) is 6.42 Å². The molecule has 0 unspecified atom stereocenters. The minimum Gasteiger partial charge on any atom is -0.493 e. The molecule has 0 fully saturated rings. The summed E-state index contributed by atoms with van der Waals surface area (Å²) in [5, 5.41) is 5.31. The van der Waals surface area contributed by atoms with Gasteiger partial charge in [-0.05, 0) is 55.3 Å². The summed E-state index contributed by atoms with van der Waals surface area (Å²) in [6.45, 7) is 4.91. The van der Waals surface area contributed by atoms with Crippen LogP contribution >= 0.6 is 11.6 Å².